The Balaban J connectivity index is 1.97. The second-order valence-corrected chi connectivity index (χ2v) is 5.84. The minimum atomic E-state index is -0.808. The van der Waals surface area contributed by atoms with Crippen molar-refractivity contribution in [3.63, 3.8) is 0 Å². The Morgan fingerprint density at radius 2 is 2.00 bits per heavy atom. The fourth-order valence-electron chi connectivity index (χ4n) is 1.65. The molecule has 0 aliphatic carbocycles. The summed E-state index contributed by atoms with van der Waals surface area (Å²) >= 11 is 7.40. The molecule has 1 aromatic carbocycles. The summed E-state index contributed by atoms with van der Waals surface area (Å²) in [7, 11) is 0. The molecule has 3 nitrogen and oxygen atoms in total. The number of hydrogen-bond acceptors (Lipinski definition) is 3. The van der Waals surface area contributed by atoms with Gasteiger partial charge in [0.1, 0.15) is 0 Å². The molecule has 2 aromatic rings. The predicted octanol–water partition coefficient (Wildman–Crippen LogP) is 4.22. The average Bonchev–Trinajstić information content (AvgIpc) is 2.46. The van der Waals surface area contributed by atoms with E-state index in [1.165, 1.54) is 0 Å². The van der Waals surface area contributed by atoms with Gasteiger partial charge in [-0.2, -0.15) is 0 Å². The molecule has 1 atom stereocenters. The first-order valence-electron chi connectivity index (χ1n) is 6.12. The van der Waals surface area contributed by atoms with Gasteiger partial charge in [-0.05, 0) is 30.2 Å². The Bertz CT molecular complexity index is 584. The average molecular weight is 308 g/mol. The van der Waals surface area contributed by atoms with Crippen molar-refractivity contribution in [2.24, 2.45) is 0 Å². The van der Waals surface area contributed by atoms with Crippen LogP contribution in [0.4, 0.5) is 0 Å². The molecule has 104 valence electrons. The number of benzene rings is 1. The zero-order chi connectivity index (χ0) is 14.5. The summed E-state index contributed by atoms with van der Waals surface area (Å²) in [6, 6.07) is 11.3. The van der Waals surface area contributed by atoms with E-state index in [9.17, 15) is 4.79 Å². The van der Waals surface area contributed by atoms with Gasteiger partial charge in [0.25, 0.3) is 0 Å². The molecule has 0 spiro atoms. The lowest BCUT2D eigenvalue weighted by Gasteiger charge is -2.07. The third-order valence-electron chi connectivity index (χ3n) is 2.94. The normalized spacial score (nSPS) is 12.1. The van der Waals surface area contributed by atoms with Crippen molar-refractivity contribution in [3.05, 3.63) is 58.7 Å². The van der Waals surface area contributed by atoms with Gasteiger partial charge in [0.2, 0.25) is 0 Å². The first-order chi connectivity index (χ1) is 9.56. The fraction of sp³-hybridized carbons (Fsp3) is 0.200. The Kier molecular flexibility index (Phi) is 5.04. The quantitative estimate of drug-likeness (QED) is 0.840. The number of aliphatic carboxylic acids is 1. The van der Waals surface area contributed by atoms with Crippen molar-refractivity contribution in [1.82, 2.24) is 4.98 Å². The van der Waals surface area contributed by atoms with Crippen LogP contribution in [0, 0.1) is 0 Å². The van der Waals surface area contributed by atoms with E-state index in [-0.39, 0.29) is 0 Å². The number of pyridine rings is 1. The highest BCUT2D eigenvalue weighted by atomic mass is 35.5. The number of carboxylic acids is 1. The monoisotopic (exact) mass is 307 g/mol. The van der Waals surface area contributed by atoms with Gasteiger partial charge in [-0.3, -0.25) is 4.79 Å². The topological polar surface area (TPSA) is 50.2 Å². The highest BCUT2D eigenvalue weighted by Gasteiger charge is 2.12. The van der Waals surface area contributed by atoms with Crippen LogP contribution in [0.1, 0.15) is 24.0 Å². The highest BCUT2D eigenvalue weighted by molar-refractivity contribution is 7.98. The van der Waals surface area contributed by atoms with E-state index in [1.54, 1.807) is 24.9 Å². The lowest BCUT2D eigenvalue weighted by Crippen LogP contribution is -2.07. The van der Waals surface area contributed by atoms with Crippen LogP contribution in [-0.2, 0) is 10.5 Å². The van der Waals surface area contributed by atoms with Crippen LogP contribution in [0.15, 0.2) is 47.6 Å². The summed E-state index contributed by atoms with van der Waals surface area (Å²) in [6.07, 6.45) is 1.63. The summed E-state index contributed by atoms with van der Waals surface area (Å²) in [5.41, 5.74) is 1.95. The third kappa shape index (κ3) is 3.99. The van der Waals surface area contributed by atoms with Crippen molar-refractivity contribution in [1.29, 1.82) is 0 Å². The second kappa shape index (κ2) is 6.77. The lowest BCUT2D eigenvalue weighted by molar-refractivity contribution is -0.138. The molecule has 5 heteroatoms. The molecule has 1 aromatic heterocycles. The maximum Gasteiger partial charge on any atom is 0.310 e. The van der Waals surface area contributed by atoms with Gasteiger partial charge in [0.15, 0.2) is 0 Å². The fourth-order valence-corrected chi connectivity index (χ4v) is 2.56. The van der Waals surface area contributed by atoms with Gasteiger partial charge in [-0.15, -0.1) is 11.8 Å². The van der Waals surface area contributed by atoms with E-state index in [0.29, 0.717) is 5.02 Å². The minimum Gasteiger partial charge on any atom is -0.481 e. The smallest absolute Gasteiger partial charge is 0.310 e. The Labute approximate surface area is 127 Å². The number of carboxylic acid groups (broad SMARTS) is 1. The van der Waals surface area contributed by atoms with E-state index in [4.69, 9.17) is 16.7 Å². The molecular formula is C15H14ClNO2S. The molecule has 0 bridgehead atoms. The van der Waals surface area contributed by atoms with Crippen LogP contribution >= 0.6 is 23.4 Å². The van der Waals surface area contributed by atoms with Gasteiger partial charge in [0.05, 0.1) is 16.0 Å². The predicted molar refractivity (Wildman–Crippen MR) is 81.3 cm³/mol. The lowest BCUT2D eigenvalue weighted by atomic mass is 10.0. The van der Waals surface area contributed by atoms with E-state index < -0.39 is 11.9 Å². The number of thioether (sulfide) groups is 1. The van der Waals surface area contributed by atoms with E-state index in [0.717, 1.165) is 21.9 Å². The number of hydrogen-bond donors (Lipinski definition) is 1. The van der Waals surface area contributed by atoms with E-state index >= 15 is 0 Å². The molecule has 2 rings (SSSR count). The molecule has 0 amide bonds. The van der Waals surface area contributed by atoms with Crippen LogP contribution in [-0.4, -0.2) is 16.1 Å². The van der Waals surface area contributed by atoms with Crippen molar-refractivity contribution in [2.45, 2.75) is 23.6 Å². The maximum atomic E-state index is 10.9. The first-order valence-corrected chi connectivity index (χ1v) is 7.48. The van der Waals surface area contributed by atoms with E-state index in [2.05, 4.69) is 4.98 Å². The summed E-state index contributed by atoms with van der Waals surface area (Å²) in [4.78, 5) is 15.1. The molecule has 20 heavy (non-hydrogen) atoms. The SMILES string of the molecule is CC(C(=O)O)c1ccc(CSc2ccc(Cl)cn2)cc1. The minimum absolute atomic E-state index is 0.477. The summed E-state index contributed by atoms with van der Waals surface area (Å²) < 4.78 is 0. The third-order valence-corrected chi connectivity index (χ3v) is 4.18. The second-order valence-electron chi connectivity index (χ2n) is 4.40. The maximum absolute atomic E-state index is 10.9. The first kappa shape index (κ1) is 14.9. The molecule has 1 N–H and O–H groups in total. The Morgan fingerprint density at radius 3 is 2.55 bits per heavy atom. The zero-order valence-corrected chi connectivity index (χ0v) is 12.5. The van der Waals surface area contributed by atoms with Crippen molar-refractivity contribution < 1.29 is 9.90 Å². The van der Waals surface area contributed by atoms with Crippen molar-refractivity contribution >= 4 is 29.3 Å². The molecule has 0 radical (unpaired) electrons. The van der Waals surface area contributed by atoms with Crippen LogP contribution in [0.5, 0.6) is 0 Å². The van der Waals surface area contributed by atoms with Crippen LogP contribution in [0.3, 0.4) is 0 Å². The van der Waals surface area contributed by atoms with Crippen molar-refractivity contribution in [2.75, 3.05) is 0 Å². The molecule has 0 fully saturated rings. The molecule has 0 saturated heterocycles. The van der Waals surface area contributed by atoms with Gasteiger partial charge >= 0.3 is 5.97 Å². The summed E-state index contributed by atoms with van der Waals surface area (Å²) in [5, 5.41) is 10.5. The standard InChI is InChI=1S/C15H14ClNO2S/c1-10(15(18)19)12-4-2-11(3-5-12)9-20-14-7-6-13(16)8-17-14/h2-8,10H,9H2,1H3,(H,18,19). The molecule has 1 heterocycles. The number of rotatable bonds is 5. The molecular weight excluding hydrogens is 294 g/mol. The van der Waals surface area contributed by atoms with E-state index in [1.807, 2.05) is 36.4 Å². The Morgan fingerprint density at radius 1 is 1.30 bits per heavy atom. The van der Waals surface area contributed by atoms with Crippen LogP contribution < -0.4 is 0 Å². The molecule has 0 aliphatic heterocycles. The van der Waals surface area contributed by atoms with Gasteiger partial charge in [-0.1, -0.05) is 35.9 Å². The van der Waals surface area contributed by atoms with Gasteiger partial charge in [-0.25, -0.2) is 4.98 Å². The molecule has 0 aliphatic rings. The van der Waals surface area contributed by atoms with Crippen LogP contribution in [0.2, 0.25) is 5.02 Å². The number of carbonyl (C=O) groups is 1. The van der Waals surface area contributed by atoms with Crippen LogP contribution in [0.25, 0.3) is 0 Å². The Hall–Kier alpha value is -1.52. The number of nitrogens with zero attached hydrogens (tertiary/aromatic N) is 1. The van der Waals surface area contributed by atoms with Gasteiger partial charge in [0, 0.05) is 11.9 Å². The summed E-state index contributed by atoms with van der Waals surface area (Å²) in [5.74, 6) is -0.497. The zero-order valence-electron chi connectivity index (χ0n) is 10.9. The van der Waals surface area contributed by atoms with Crippen molar-refractivity contribution in [3.8, 4) is 0 Å². The largest absolute Gasteiger partial charge is 0.481 e. The summed E-state index contributed by atoms with van der Waals surface area (Å²) in [6.45, 7) is 1.68. The molecule has 1 unspecified atom stereocenters. The highest BCUT2D eigenvalue weighted by Crippen LogP contribution is 2.23. The molecule has 0 saturated carbocycles. The van der Waals surface area contributed by atoms with Gasteiger partial charge < -0.3 is 5.11 Å². The number of halogens is 1. The number of aromatic nitrogens is 1.